The summed E-state index contributed by atoms with van der Waals surface area (Å²) in [7, 11) is 4.68. The Labute approximate surface area is 72.0 Å². The molecule has 1 rings (SSSR count). The van der Waals surface area contributed by atoms with Gasteiger partial charge in [0.05, 0.1) is 27.2 Å². The fraction of sp³-hybridized carbons (Fsp3) is 0.900. The summed E-state index contributed by atoms with van der Waals surface area (Å²) in [6, 6.07) is 0. The maximum atomic E-state index is 2.37. The molecule has 0 aliphatic carbocycles. The molecule has 1 nitrogen and oxygen atoms in total. The van der Waals surface area contributed by atoms with Crippen LogP contribution in [-0.4, -0.2) is 31.7 Å². The SMILES string of the molecule is CC1CC(C)C[N+](C)(C)C1.[CH3-]. The van der Waals surface area contributed by atoms with E-state index in [-0.39, 0.29) is 7.43 Å². The second-order valence-electron chi connectivity index (χ2n) is 4.75. The highest BCUT2D eigenvalue weighted by atomic mass is 15.3. The van der Waals surface area contributed by atoms with Crippen LogP contribution in [0.2, 0.25) is 0 Å². The number of quaternary nitrogens is 1. The molecular weight excluding hydrogens is 134 g/mol. The summed E-state index contributed by atoms with van der Waals surface area (Å²) >= 11 is 0. The van der Waals surface area contributed by atoms with Crippen molar-refractivity contribution in [2.24, 2.45) is 11.8 Å². The van der Waals surface area contributed by atoms with Crippen LogP contribution in [0.3, 0.4) is 0 Å². The number of piperidine rings is 1. The maximum absolute atomic E-state index is 2.37. The van der Waals surface area contributed by atoms with Crippen molar-refractivity contribution in [2.75, 3.05) is 27.2 Å². The zero-order chi connectivity index (χ0) is 7.78. The van der Waals surface area contributed by atoms with Gasteiger partial charge in [0.15, 0.2) is 0 Å². The molecular formula is C10H23N. The van der Waals surface area contributed by atoms with Crippen LogP contribution >= 0.6 is 0 Å². The van der Waals surface area contributed by atoms with Crippen LogP contribution in [0.1, 0.15) is 20.3 Å². The molecule has 0 amide bonds. The number of likely N-dealkylation sites (tertiary alicyclic amines) is 1. The lowest BCUT2D eigenvalue weighted by molar-refractivity contribution is -0.902. The molecule has 2 unspecified atom stereocenters. The first-order chi connectivity index (χ1) is 4.49. The van der Waals surface area contributed by atoms with Crippen molar-refractivity contribution >= 4 is 0 Å². The highest BCUT2D eigenvalue weighted by Crippen LogP contribution is 2.23. The van der Waals surface area contributed by atoms with Crippen LogP contribution < -0.4 is 0 Å². The molecule has 0 saturated carbocycles. The second kappa shape index (κ2) is 3.57. The quantitative estimate of drug-likeness (QED) is 0.373. The summed E-state index contributed by atoms with van der Waals surface area (Å²) in [6.07, 6.45) is 1.43. The van der Waals surface area contributed by atoms with Crippen LogP contribution in [0.25, 0.3) is 0 Å². The molecule has 1 heterocycles. The van der Waals surface area contributed by atoms with Crippen molar-refractivity contribution in [3.8, 4) is 0 Å². The zero-order valence-electron chi connectivity index (χ0n) is 8.72. The van der Waals surface area contributed by atoms with Gasteiger partial charge in [0.25, 0.3) is 0 Å². The molecule has 0 bridgehead atoms. The van der Waals surface area contributed by atoms with Gasteiger partial charge >= 0.3 is 0 Å². The van der Waals surface area contributed by atoms with Gasteiger partial charge in [0.2, 0.25) is 0 Å². The molecule has 2 atom stereocenters. The van der Waals surface area contributed by atoms with E-state index >= 15 is 0 Å². The van der Waals surface area contributed by atoms with E-state index in [0.29, 0.717) is 0 Å². The Hall–Kier alpha value is -0.0400. The van der Waals surface area contributed by atoms with Crippen molar-refractivity contribution in [1.82, 2.24) is 0 Å². The van der Waals surface area contributed by atoms with Gasteiger partial charge < -0.3 is 11.9 Å². The Morgan fingerprint density at radius 1 is 1.00 bits per heavy atom. The molecule has 0 aromatic carbocycles. The Morgan fingerprint density at radius 2 is 1.36 bits per heavy atom. The summed E-state index contributed by atoms with van der Waals surface area (Å²) in [4.78, 5) is 0. The lowest BCUT2D eigenvalue weighted by Gasteiger charge is -2.40. The molecule has 0 aromatic rings. The predicted octanol–water partition coefficient (Wildman–Crippen LogP) is 2.19. The van der Waals surface area contributed by atoms with Crippen molar-refractivity contribution in [3.63, 3.8) is 0 Å². The fourth-order valence-electron chi connectivity index (χ4n) is 2.60. The van der Waals surface area contributed by atoms with E-state index in [1.165, 1.54) is 24.0 Å². The first-order valence-corrected chi connectivity index (χ1v) is 4.31. The Balaban J connectivity index is 0.000001000. The summed E-state index contributed by atoms with van der Waals surface area (Å²) in [5.41, 5.74) is 0. The van der Waals surface area contributed by atoms with Crippen LogP contribution in [0.4, 0.5) is 0 Å². The normalized spacial score (nSPS) is 36.0. The van der Waals surface area contributed by atoms with E-state index in [1.807, 2.05) is 0 Å². The van der Waals surface area contributed by atoms with Crippen molar-refractivity contribution in [1.29, 1.82) is 0 Å². The number of rotatable bonds is 0. The van der Waals surface area contributed by atoms with Crippen LogP contribution in [0.5, 0.6) is 0 Å². The van der Waals surface area contributed by atoms with E-state index in [9.17, 15) is 0 Å². The average Bonchev–Trinajstić information content (AvgIpc) is 1.54. The first kappa shape index (κ1) is 11.0. The molecule has 0 aromatic heterocycles. The van der Waals surface area contributed by atoms with Gasteiger partial charge in [-0.2, -0.15) is 0 Å². The van der Waals surface area contributed by atoms with Crippen molar-refractivity contribution < 1.29 is 4.48 Å². The van der Waals surface area contributed by atoms with Gasteiger partial charge in [-0.25, -0.2) is 0 Å². The fourth-order valence-corrected chi connectivity index (χ4v) is 2.60. The molecule has 1 aliphatic rings. The minimum atomic E-state index is 0. The monoisotopic (exact) mass is 157 g/mol. The number of nitrogens with zero attached hydrogens (tertiary/aromatic N) is 1. The van der Waals surface area contributed by atoms with Gasteiger partial charge in [-0.05, 0) is 6.42 Å². The van der Waals surface area contributed by atoms with Crippen LogP contribution in [-0.2, 0) is 0 Å². The minimum Gasteiger partial charge on any atom is -0.358 e. The predicted molar refractivity (Wildman–Crippen MR) is 51.2 cm³/mol. The number of hydrogen-bond acceptors (Lipinski definition) is 0. The molecule has 1 heteroatoms. The highest BCUT2D eigenvalue weighted by molar-refractivity contribution is 4.64. The summed E-state index contributed by atoms with van der Waals surface area (Å²) in [5.74, 6) is 1.86. The summed E-state index contributed by atoms with van der Waals surface area (Å²) in [5, 5.41) is 0. The molecule has 11 heavy (non-hydrogen) atoms. The summed E-state index contributed by atoms with van der Waals surface area (Å²) in [6.45, 7) is 7.47. The third-order valence-electron chi connectivity index (χ3n) is 2.42. The molecule has 0 N–H and O–H groups in total. The van der Waals surface area contributed by atoms with Crippen molar-refractivity contribution in [3.05, 3.63) is 7.43 Å². The lowest BCUT2D eigenvalue weighted by atomic mass is 9.91. The zero-order valence-corrected chi connectivity index (χ0v) is 8.72. The standard InChI is InChI=1S/C9H20N.CH3/c1-8-5-9(2)7-10(3,4)6-8;/h8-9H,5-7H2,1-4H3;1H3/q+1;-1. The Morgan fingerprint density at radius 3 is 1.64 bits per heavy atom. The maximum Gasteiger partial charge on any atom is 0.0808 e. The third kappa shape index (κ3) is 3.24. The Kier molecular flexibility index (Phi) is 3.56. The lowest BCUT2D eigenvalue weighted by Crippen LogP contribution is -2.49. The van der Waals surface area contributed by atoms with Crippen LogP contribution in [0, 0.1) is 19.3 Å². The van der Waals surface area contributed by atoms with Gasteiger partial charge in [0.1, 0.15) is 0 Å². The van der Waals surface area contributed by atoms with Crippen LogP contribution in [0.15, 0.2) is 0 Å². The van der Waals surface area contributed by atoms with E-state index in [1.54, 1.807) is 0 Å². The highest BCUT2D eigenvalue weighted by Gasteiger charge is 2.28. The number of hydrogen-bond donors (Lipinski definition) is 0. The van der Waals surface area contributed by atoms with Gasteiger partial charge in [-0.15, -0.1) is 0 Å². The molecule has 1 aliphatic heterocycles. The van der Waals surface area contributed by atoms with Gasteiger partial charge in [-0.1, -0.05) is 13.8 Å². The topological polar surface area (TPSA) is 0 Å². The minimum absolute atomic E-state index is 0. The molecule has 68 valence electrons. The molecule has 0 radical (unpaired) electrons. The van der Waals surface area contributed by atoms with E-state index in [4.69, 9.17) is 0 Å². The Bertz CT molecular complexity index is 106. The van der Waals surface area contributed by atoms with E-state index < -0.39 is 0 Å². The smallest absolute Gasteiger partial charge is 0.0808 e. The van der Waals surface area contributed by atoms with Gasteiger partial charge in [-0.3, -0.25) is 0 Å². The second-order valence-corrected chi connectivity index (χ2v) is 4.75. The largest absolute Gasteiger partial charge is 0.358 e. The molecule has 0 spiro atoms. The average molecular weight is 157 g/mol. The third-order valence-corrected chi connectivity index (χ3v) is 2.42. The molecule has 1 fully saturated rings. The molecule has 1 saturated heterocycles. The van der Waals surface area contributed by atoms with Gasteiger partial charge in [0, 0.05) is 11.8 Å². The van der Waals surface area contributed by atoms with E-state index in [0.717, 1.165) is 11.8 Å². The van der Waals surface area contributed by atoms with Crippen molar-refractivity contribution in [2.45, 2.75) is 20.3 Å². The first-order valence-electron chi connectivity index (χ1n) is 4.31. The van der Waals surface area contributed by atoms with E-state index in [2.05, 4.69) is 27.9 Å². The summed E-state index contributed by atoms with van der Waals surface area (Å²) < 4.78 is 1.22.